The first-order chi connectivity index (χ1) is 11.1. The predicted molar refractivity (Wildman–Crippen MR) is 102 cm³/mol. The smallest absolute Gasteiger partial charge is 0.255 e. The topological polar surface area (TPSA) is 46.3 Å². The summed E-state index contributed by atoms with van der Waals surface area (Å²) in [4.78, 5) is 14.8. The van der Waals surface area contributed by atoms with Crippen molar-refractivity contribution in [3.8, 4) is 11.1 Å². The van der Waals surface area contributed by atoms with Gasteiger partial charge in [0.05, 0.1) is 10.6 Å². The molecule has 2 N–H and O–H groups in total. The Morgan fingerprint density at radius 1 is 1.21 bits per heavy atom. The number of halogens is 2. The molecule has 2 unspecified atom stereocenters. The van der Waals surface area contributed by atoms with Crippen molar-refractivity contribution in [3.63, 3.8) is 0 Å². The van der Waals surface area contributed by atoms with Gasteiger partial charge in [-0.1, -0.05) is 48.0 Å². The quantitative estimate of drug-likeness (QED) is 0.885. The summed E-state index contributed by atoms with van der Waals surface area (Å²) in [5.74, 6) is 0.376. The molecular formula is C19H22Cl2N2O. The summed E-state index contributed by atoms with van der Waals surface area (Å²) in [6.45, 7) is 3.40. The van der Waals surface area contributed by atoms with Crippen LogP contribution in [0.4, 0.5) is 0 Å². The summed E-state index contributed by atoms with van der Waals surface area (Å²) in [5, 5.41) is 0.498. The van der Waals surface area contributed by atoms with Crippen molar-refractivity contribution in [1.29, 1.82) is 0 Å². The number of carbonyl (C=O) groups excluding carboxylic acids is 1. The van der Waals surface area contributed by atoms with Crippen molar-refractivity contribution in [1.82, 2.24) is 4.90 Å². The molecule has 1 heterocycles. The van der Waals surface area contributed by atoms with Crippen molar-refractivity contribution < 1.29 is 4.79 Å². The van der Waals surface area contributed by atoms with E-state index in [9.17, 15) is 4.79 Å². The largest absolute Gasteiger partial charge is 0.336 e. The number of nitrogens with zero attached hydrogens (tertiary/aromatic N) is 1. The van der Waals surface area contributed by atoms with Gasteiger partial charge in [-0.3, -0.25) is 4.79 Å². The Balaban J connectivity index is 0.00000208. The molecule has 2 atom stereocenters. The fourth-order valence-corrected chi connectivity index (χ4v) is 3.45. The Morgan fingerprint density at radius 2 is 1.92 bits per heavy atom. The second-order valence-corrected chi connectivity index (χ2v) is 6.61. The average Bonchev–Trinajstić information content (AvgIpc) is 2.96. The minimum atomic E-state index is -0.00349. The SMILES string of the molecule is CC1CC(CN)CN1C(=O)c1cc(-c2ccccc2)ccc1Cl.Cl. The fourth-order valence-electron chi connectivity index (χ4n) is 3.25. The Labute approximate surface area is 154 Å². The normalized spacial score (nSPS) is 19.9. The number of carbonyl (C=O) groups is 1. The summed E-state index contributed by atoms with van der Waals surface area (Å²) in [7, 11) is 0. The van der Waals surface area contributed by atoms with Gasteiger partial charge in [0.2, 0.25) is 0 Å². The third-order valence-corrected chi connectivity index (χ3v) is 4.89. The molecule has 24 heavy (non-hydrogen) atoms. The molecule has 1 fully saturated rings. The van der Waals surface area contributed by atoms with E-state index in [1.807, 2.05) is 47.4 Å². The lowest BCUT2D eigenvalue weighted by Crippen LogP contribution is -2.34. The molecule has 1 aliphatic heterocycles. The van der Waals surface area contributed by atoms with E-state index >= 15 is 0 Å². The van der Waals surface area contributed by atoms with Crippen molar-refractivity contribution in [2.24, 2.45) is 11.7 Å². The van der Waals surface area contributed by atoms with Gasteiger partial charge in [-0.2, -0.15) is 0 Å². The van der Waals surface area contributed by atoms with Gasteiger partial charge in [-0.05, 0) is 49.1 Å². The van der Waals surface area contributed by atoms with Crippen LogP contribution in [0.1, 0.15) is 23.7 Å². The number of rotatable bonds is 3. The summed E-state index contributed by atoms with van der Waals surface area (Å²) >= 11 is 6.30. The molecule has 0 saturated carbocycles. The average molecular weight is 365 g/mol. The Morgan fingerprint density at radius 3 is 2.54 bits per heavy atom. The van der Waals surface area contributed by atoms with Gasteiger partial charge in [0.1, 0.15) is 0 Å². The van der Waals surface area contributed by atoms with Crippen LogP contribution in [0.2, 0.25) is 5.02 Å². The first-order valence-electron chi connectivity index (χ1n) is 7.96. The monoisotopic (exact) mass is 364 g/mol. The van der Waals surface area contributed by atoms with Gasteiger partial charge in [0.25, 0.3) is 5.91 Å². The van der Waals surface area contributed by atoms with Crippen molar-refractivity contribution >= 4 is 29.9 Å². The second kappa shape index (κ2) is 8.02. The summed E-state index contributed by atoms with van der Waals surface area (Å²) < 4.78 is 0. The summed E-state index contributed by atoms with van der Waals surface area (Å²) in [6, 6.07) is 15.9. The molecule has 0 bridgehead atoms. The van der Waals surface area contributed by atoms with Crippen molar-refractivity contribution in [2.45, 2.75) is 19.4 Å². The van der Waals surface area contributed by atoms with Gasteiger partial charge in [0, 0.05) is 12.6 Å². The first-order valence-corrected chi connectivity index (χ1v) is 8.34. The highest BCUT2D eigenvalue weighted by atomic mass is 35.5. The number of benzene rings is 2. The molecule has 1 amide bonds. The number of hydrogen-bond donors (Lipinski definition) is 1. The molecule has 0 radical (unpaired) electrons. The van der Waals surface area contributed by atoms with E-state index in [1.165, 1.54) is 0 Å². The van der Waals surface area contributed by atoms with Gasteiger partial charge >= 0.3 is 0 Å². The van der Waals surface area contributed by atoms with Crippen molar-refractivity contribution in [2.75, 3.05) is 13.1 Å². The van der Waals surface area contributed by atoms with Crippen LogP contribution >= 0.6 is 24.0 Å². The van der Waals surface area contributed by atoms with E-state index < -0.39 is 0 Å². The van der Waals surface area contributed by atoms with Crippen LogP contribution in [-0.4, -0.2) is 29.9 Å². The van der Waals surface area contributed by atoms with E-state index in [0.29, 0.717) is 29.6 Å². The summed E-state index contributed by atoms with van der Waals surface area (Å²) in [5.41, 5.74) is 8.41. The number of likely N-dealkylation sites (tertiary alicyclic amines) is 1. The van der Waals surface area contributed by atoms with Crippen LogP contribution in [0.25, 0.3) is 11.1 Å². The number of amides is 1. The third-order valence-electron chi connectivity index (χ3n) is 4.56. The van der Waals surface area contributed by atoms with Gasteiger partial charge in [-0.15, -0.1) is 12.4 Å². The highest BCUT2D eigenvalue weighted by Crippen LogP contribution is 2.29. The van der Waals surface area contributed by atoms with Crippen molar-refractivity contribution in [3.05, 3.63) is 59.1 Å². The Bertz CT molecular complexity index is 706. The second-order valence-electron chi connectivity index (χ2n) is 6.20. The maximum atomic E-state index is 12.9. The molecule has 0 aromatic heterocycles. The molecule has 2 aromatic carbocycles. The van der Waals surface area contributed by atoms with E-state index in [0.717, 1.165) is 17.5 Å². The summed E-state index contributed by atoms with van der Waals surface area (Å²) in [6.07, 6.45) is 0.957. The molecule has 1 saturated heterocycles. The van der Waals surface area contributed by atoms with Crippen LogP contribution in [0.5, 0.6) is 0 Å². The van der Waals surface area contributed by atoms with Crippen LogP contribution < -0.4 is 5.73 Å². The molecule has 5 heteroatoms. The highest BCUT2D eigenvalue weighted by Gasteiger charge is 2.32. The Kier molecular flexibility index (Phi) is 6.27. The fraction of sp³-hybridized carbons (Fsp3) is 0.316. The molecular weight excluding hydrogens is 343 g/mol. The maximum absolute atomic E-state index is 12.9. The minimum absolute atomic E-state index is 0. The lowest BCUT2D eigenvalue weighted by molar-refractivity contribution is 0.0743. The zero-order valence-electron chi connectivity index (χ0n) is 13.6. The Hall–Kier alpha value is -1.55. The third kappa shape index (κ3) is 3.75. The van der Waals surface area contributed by atoms with Crippen LogP contribution in [0, 0.1) is 5.92 Å². The molecule has 3 rings (SSSR count). The standard InChI is InChI=1S/C19H21ClN2O.ClH/c1-13-9-14(11-21)12-22(13)19(23)17-10-16(7-8-18(17)20)15-5-3-2-4-6-15;/h2-8,10,13-14H,9,11-12,21H2,1H3;1H. The minimum Gasteiger partial charge on any atom is -0.336 e. The lowest BCUT2D eigenvalue weighted by atomic mass is 10.0. The molecule has 2 aromatic rings. The molecule has 0 aliphatic carbocycles. The van der Waals surface area contributed by atoms with E-state index in [2.05, 4.69) is 6.92 Å². The van der Waals surface area contributed by atoms with E-state index in [1.54, 1.807) is 6.07 Å². The zero-order valence-corrected chi connectivity index (χ0v) is 15.2. The lowest BCUT2D eigenvalue weighted by Gasteiger charge is -2.22. The van der Waals surface area contributed by atoms with E-state index in [4.69, 9.17) is 17.3 Å². The van der Waals surface area contributed by atoms with E-state index in [-0.39, 0.29) is 24.4 Å². The van der Waals surface area contributed by atoms with Crippen LogP contribution in [0.15, 0.2) is 48.5 Å². The van der Waals surface area contributed by atoms with Gasteiger partial charge in [-0.25, -0.2) is 0 Å². The maximum Gasteiger partial charge on any atom is 0.255 e. The highest BCUT2D eigenvalue weighted by molar-refractivity contribution is 6.34. The molecule has 3 nitrogen and oxygen atoms in total. The predicted octanol–water partition coefficient (Wildman–Crippen LogP) is 4.24. The number of hydrogen-bond acceptors (Lipinski definition) is 2. The van der Waals surface area contributed by atoms with Crippen LogP contribution in [0.3, 0.4) is 0 Å². The van der Waals surface area contributed by atoms with Crippen LogP contribution in [-0.2, 0) is 0 Å². The van der Waals surface area contributed by atoms with Gasteiger partial charge < -0.3 is 10.6 Å². The molecule has 128 valence electrons. The molecule has 1 aliphatic rings. The number of nitrogens with two attached hydrogens (primary N) is 1. The zero-order chi connectivity index (χ0) is 16.4. The van der Waals surface area contributed by atoms with Gasteiger partial charge in [0.15, 0.2) is 0 Å². The molecule has 0 spiro atoms. The first kappa shape index (κ1) is 18.8.